The van der Waals surface area contributed by atoms with Crippen LogP contribution < -0.4 is 0 Å². The van der Waals surface area contributed by atoms with E-state index >= 15 is 0 Å². The van der Waals surface area contributed by atoms with E-state index in [-0.39, 0.29) is 11.8 Å². The van der Waals surface area contributed by atoms with Crippen LogP contribution in [0.25, 0.3) is 0 Å². The minimum absolute atomic E-state index is 0.0366. The minimum Gasteiger partial charge on any atom is -0.339 e. The van der Waals surface area contributed by atoms with Gasteiger partial charge in [0.15, 0.2) is 0 Å². The monoisotopic (exact) mass is 322 g/mol. The molecule has 0 bridgehead atoms. The summed E-state index contributed by atoms with van der Waals surface area (Å²) in [6.07, 6.45) is 8.64. The molecule has 4 heteroatoms. The lowest BCUT2D eigenvalue weighted by molar-refractivity contribution is -0.158. The van der Waals surface area contributed by atoms with Crippen molar-refractivity contribution in [1.29, 1.82) is 0 Å². The van der Waals surface area contributed by atoms with Crippen molar-refractivity contribution in [1.82, 2.24) is 9.80 Å². The van der Waals surface area contributed by atoms with Crippen LogP contribution in [-0.4, -0.2) is 46.8 Å². The molecular weight excluding hydrogens is 288 g/mol. The standard InChI is InChI=1S/C19H34N2O2/c1-5-15-11-7-9-13-20(15)17(22)19(3,4)18(23)21-14-10-8-12-16(21)6-2/h15-16H,5-14H2,1-4H3. The fraction of sp³-hybridized carbons (Fsp3) is 0.895. The zero-order valence-electron chi connectivity index (χ0n) is 15.4. The number of carbonyl (C=O) groups excluding carboxylic acids is 2. The number of rotatable bonds is 4. The number of hydrogen-bond donors (Lipinski definition) is 0. The van der Waals surface area contributed by atoms with Crippen molar-refractivity contribution < 1.29 is 9.59 Å². The van der Waals surface area contributed by atoms with Crippen LogP contribution in [0.3, 0.4) is 0 Å². The Hall–Kier alpha value is -1.06. The summed E-state index contributed by atoms with van der Waals surface area (Å²) in [7, 11) is 0. The van der Waals surface area contributed by atoms with Crippen molar-refractivity contribution in [3.63, 3.8) is 0 Å². The molecule has 0 radical (unpaired) electrons. The predicted octanol–water partition coefficient (Wildman–Crippen LogP) is 3.59. The number of piperidine rings is 2. The first-order chi connectivity index (χ1) is 10.9. The molecule has 2 amide bonds. The number of amides is 2. The van der Waals surface area contributed by atoms with E-state index in [1.54, 1.807) is 0 Å². The SMILES string of the molecule is CCC1CCCCN1C(=O)C(C)(C)C(=O)N1CCCCC1CC. The van der Waals surface area contributed by atoms with E-state index in [9.17, 15) is 9.59 Å². The van der Waals surface area contributed by atoms with Gasteiger partial charge in [-0.2, -0.15) is 0 Å². The summed E-state index contributed by atoms with van der Waals surface area (Å²) in [5, 5.41) is 0. The van der Waals surface area contributed by atoms with Gasteiger partial charge in [0.05, 0.1) is 0 Å². The lowest BCUT2D eigenvalue weighted by Gasteiger charge is -2.43. The molecule has 0 N–H and O–H groups in total. The Bertz CT molecular complexity index is 395. The maximum absolute atomic E-state index is 13.1. The maximum atomic E-state index is 13.1. The first-order valence-corrected chi connectivity index (χ1v) is 9.55. The number of nitrogens with zero attached hydrogens (tertiary/aromatic N) is 2. The average Bonchev–Trinajstić information content (AvgIpc) is 2.60. The first kappa shape index (κ1) is 18.3. The van der Waals surface area contributed by atoms with Gasteiger partial charge in [0.2, 0.25) is 11.8 Å². The van der Waals surface area contributed by atoms with Gasteiger partial charge < -0.3 is 9.80 Å². The Balaban J connectivity index is 2.14. The molecule has 0 aliphatic carbocycles. The molecule has 0 aromatic heterocycles. The van der Waals surface area contributed by atoms with Gasteiger partial charge in [-0.25, -0.2) is 0 Å². The first-order valence-electron chi connectivity index (χ1n) is 9.55. The molecule has 2 heterocycles. The zero-order chi connectivity index (χ0) is 17.0. The molecule has 2 rings (SSSR count). The Morgan fingerprint density at radius 2 is 1.22 bits per heavy atom. The van der Waals surface area contributed by atoms with Crippen LogP contribution in [0.2, 0.25) is 0 Å². The molecule has 2 unspecified atom stereocenters. The molecule has 0 aromatic rings. The second kappa shape index (κ2) is 7.67. The van der Waals surface area contributed by atoms with E-state index in [1.165, 1.54) is 12.8 Å². The molecular formula is C19H34N2O2. The summed E-state index contributed by atoms with van der Waals surface area (Å²) < 4.78 is 0. The summed E-state index contributed by atoms with van der Waals surface area (Å²) in [4.78, 5) is 30.3. The van der Waals surface area contributed by atoms with Crippen molar-refractivity contribution in [2.75, 3.05) is 13.1 Å². The third-order valence-corrected chi connectivity index (χ3v) is 5.79. The normalized spacial score (nSPS) is 26.3. The third-order valence-electron chi connectivity index (χ3n) is 5.79. The van der Waals surface area contributed by atoms with Gasteiger partial charge in [-0.15, -0.1) is 0 Å². The fourth-order valence-corrected chi connectivity index (χ4v) is 4.19. The van der Waals surface area contributed by atoms with Crippen molar-refractivity contribution in [3.05, 3.63) is 0 Å². The van der Waals surface area contributed by atoms with Crippen molar-refractivity contribution in [3.8, 4) is 0 Å². The molecule has 0 saturated carbocycles. The van der Waals surface area contributed by atoms with E-state index in [4.69, 9.17) is 0 Å². The van der Waals surface area contributed by atoms with E-state index in [0.717, 1.165) is 51.6 Å². The van der Waals surface area contributed by atoms with E-state index in [0.29, 0.717) is 12.1 Å². The van der Waals surface area contributed by atoms with Crippen molar-refractivity contribution >= 4 is 11.8 Å². The Morgan fingerprint density at radius 1 is 0.826 bits per heavy atom. The molecule has 4 nitrogen and oxygen atoms in total. The van der Waals surface area contributed by atoms with Gasteiger partial charge in [-0.3, -0.25) is 9.59 Å². The Kier molecular flexibility index (Phi) is 6.10. The summed E-state index contributed by atoms with van der Waals surface area (Å²) in [6, 6.07) is 0.623. The van der Waals surface area contributed by atoms with Crippen LogP contribution in [0, 0.1) is 5.41 Å². The van der Waals surface area contributed by atoms with Gasteiger partial charge in [0.1, 0.15) is 5.41 Å². The highest BCUT2D eigenvalue weighted by molar-refractivity contribution is 6.04. The third kappa shape index (κ3) is 3.72. The van der Waals surface area contributed by atoms with E-state index < -0.39 is 5.41 Å². The molecule has 23 heavy (non-hydrogen) atoms. The lowest BCUT2D eigenvalue weighted by atomic mass is 9.85. The number of hydrogen-bond acceptors (Lipinski definition) is 2. The van der Waals surface area contributed by atoms with Gasteiger partial charge >= 0.3 is 0 Å². The minimum atomic E-state index is -0.935. The van der Waals surface area contributed by atoms with Gasteiger partial charge in [-0.05, 0) is 65.2 Å². The topological polar surface area (TPSA) is 40.6 Å². The zero-order valence-corrected chi connectivity index (χ0v) is 15.4. The van der Waals surface area contributed by atoms with Crippen LogP contribution in [-0.2, 0) is 9.59 Å². The van der Waals surface area contributed by atoms with E-state index in [1.807, 2.05) is 23.6 Å². The largest absolute Gasteiger partial charge is 0.339 e. The lowest BCUT2D eigenvalue weighted by Crippen LogP contribution is -2.57. The van der Waals surface area contributed by atoms with Crippen molar-refractivity contribution in [2.45, 2.75) is 91.1 Å². The van der Waals surface area contributed by atoms with Gasteiger partial charge in [0, 0.05) is 25.2 Å². The van der Waals surface area contributed by atoms with Gasteiger partial charge in [-0.1, -0.05) is 13.8 Å². The molecule has 0 spiro atoms. The van der Waals surface area contributed by atoms with Crippen molar-refractivity contribution in [2.24, 2.45) is 5.41 Å². The Labute approximate surface area is 141 Å². The van der Waals surface area contributed by atoms with Gasteiger partial charge in [0.25, 0.3) is 0 Å². The van der Waals surface area contributed by atoms with Crippen LogP contribution in [0.4, 0.5) is 0 Å². The summed E-state index contributed by atoms with van der Waals surface area (Å²) >= 11 is 0. The van der Waals surface area contributed by atoms with Crippen LogP contribution >= 0.6 is 0 Å². The summed E-state index contributed by atoms with van der Waals surface area (Å²) in [5.74, 6) is 0.0731. The maximum Gasteiger partial charge on any atom is 0.237 e. The molecule has 2 aliphatic rings. The summed E-state index contributed by atoms with van der Waals surface area (Å²) in [5.41, 5.74) is -0.935. The highest BCUT2D eigenvalue weighted by Crippen LogP contribution is 2.31. The number of likely N-dealkylation sites (tertiary alicyclic amines) is 2. The molecule has 2 saturated heterocycles. The highest BCUT2D eigenvalue weighted by Gasteiger charge is 2.45. The average molecular weight is 322 g/mol. The number of carbonyl (C=O) groups is 2. The smallest absolute Gasteiger partial charge is 0.237 e. The van der Waals surface area contributed by atoms with E-state index in [2.05, 4.69) is 13.8 Å². The second-order valence-electron chi connectivity index (χ2n) is 7.74. The molecule has 0 aromatic carbocycles. The highest BCUT2D eigenvalue weighted by atomic mass is 16.2. The van der Waals surface area contributed by atoms with Crippen LogP contribution in [0.1, 0.15) is 79.1 Å². The molecule has 2 aliphatic heterocycles. The fourth-order valence-electron chi connectivity index (χ4n) is 4.19. The van der Waals surface area contributed by atoms with Crippen LogP contribution in [0.5, 0.6) is 0 Å². The van der Waals surface area contributed by atoms with Crippen LogP contribution in [0.15, 0.2) is 0 Å². The quantitative estimate of drug-likeness (QED) is 0.742. The second-order valence-corrected chi connectivity index (χ2v) is 7.74. The predicted molar refractivity (Wildman–Crippen MR) is 93.1 cm³/mol. The summed E-state index contributed by atoms with van der Waals surface area (Å²) in [6.45, 7) is 9.57. The Morgan fingerprint density at radius 3 is 1.57 bits per heavy atom. The molecule has 2 fully saturated rings. The molecule has 2 atom stereocenters. The molecule has 132 valence electrons.